The molecule has 0 aliphatic rings. The number of benzene rings is 3. The van der Waals surface area contributed by atoms with E-state index in [1.165, 1.54) is 11.1 Å². The van der Waals surface area contributed by atoms with E-state index in [0.717, 1.165) is 17.1 Å². The summed E-state index contributed by atoms with van der Waals surface area (Å²) in [4.78, 5) is 2.23. The Morgan fingerprint density at radius 1 is 0.593 bits per heavy atom. The van der Waals surface area contributed by atoms with E-state index in [1.807, 2.05) is 24.3 Å². The lowest BCUT2D eigenvalue weighted by Crippen LogP contribution is -2.10. The van der Waals surface area contributed by atoms with Crippen LogP contribution >= 0.6 is 0 Å². The Labute approximate surface area is 162 Å². The molecule has 0 radical (unpaired) electrons. The lowest BCUT2D eigenvalue weighted by atomic mass is 10.0. The van der Waals surface area contributed by atoms with Crippen molar-refractivity contribution in [2.45, 2.75) is 39.5 Å². The highest BCUT2D eigenvalue weighted by molar-refractivity contribution is 5.77. The number of hydrogen-bond donors (Lipinski definition) is 0. The van der Waals surface area contributed by atoms with Crippen LogP contribution in [0.5, 0.6) is 0 Å². The minimum Gasteiger partial charge on any atom is -0.311 e. The molecule has 2 heteroatoms. The molecule has 3 aromatic rings. The van der Waals surface area contributed by atoms with Crippen LogP contribution in [0.3, 0.4) is 0 Å². The molecule has 0 aliphatic carbocycles. The molecule has 0 bridgehead atoms. The van der Waals surface area contributed by atoms with Gasteiger partial charge in [0.1, 0.15) is 0 Å². The maximum Gasteiger partial charge on any atom is 0.0991 e. The molecule has 0 N–H and O–H groups in total. The number of nitrogens with zero attached hydrogens (tertiary/aromatic N) is 2. The molecule has 27 heavy (non-hydrogen) atoms. The third kappa shape index (κ3) is 4.20. The Kier molecular flexibility index (Phi) is 5.62. The number of rotatable bonds is 5. The van der Waals surface area contributed by atoms with E-state index < -0.39 is 0 Å². The molecule has 3 aromatic carbocycles. The van der Waals surface area contributed by atoms with Crippen molar-refractivity contribution in [3.63, 3.8) is 0 Å². The normalized spacial score (nSPS) is 10.9. The fourth-order valence-corrected chi connectivity index (χ4v) is 3.15. The molecule has 0 fully saturated rings. The molecule has 0 saturated heterocycles. The van der Waals surface area contributed by atoms with Gasteiger partial charge in [-0.15, -0.1) is 0 Å². The number of hydrogen-bond acceptors (Lipinski definition) is 2. The van der Waals surface area contributed by atoms with E-state index >= 15 is 0 Å². The van der Waals surface area contributed by atoms with Crippen LogP contribution in [-0.4, -0.2) is 0 Å². The van der Waals surface area contributed by atoms with E-state index in [1.54, 1.807) is 0 Å². The predicted octanol–water partition coefficient (Wildman–Crippen LogP) is 7.27. The first-order valence-corrected chi connectivity index (χ1v) is 9.50. The monoisotopic (exact) mass is 354 g/mol. The lowest BCUT2D eigenvalue weighted by molar-refractivity contribution is 0.866. The standard InChI is InChI=1S/C25H26N2/c1-18(2)21-7-13-24(14-8-21)27(23-11-5-20(17-26)6-12-23)25-15-9-22(10-16-25)19(3)4/h5-16,18-19H,1-4H3. The quantitative estimate of drug-likeness (QED) is 0.481. The minimum atomic E-state index is 0.507. The zero-order valence-electron chi connectivity index (χ0n) is 16.5. The van der Waals surface area contributed by atoms with Crippen molar-refractivity contribution in [1.82, 2.24) is 0 Å². The van der Waals surface area contributed by atoms with Crippen LogP contribution in [0.4, 0.5) is 17.1 Å². The van der Waals surface area contributed by atoms with Crippen molar-refractivity contribution in [3.05, 3.63) is 89.5 Å². The molecule has 3 rings (SSSR count). The molecular formula is C25H26N2. The van der Waals surface area contributed by atoms with Gasteiger partial charge in [-0.3, -0.25) is 0 Å². The number of anilines is 3. The van der Waals surface area contributed by atoms with Gasteiger partial charge in [0.2, 0.25) is 0 Å². The highest BCUT2D eigenvalue weighted by Crippen LogP contribution is 2.35. The van der Waals surface area contributed by atoms with E-state index in [9.17, 15) is 0 Å². The largest absolute Gasteiger partial charge is 0.311 e. The molecular weight excluding hydrogens is 328 g/mol. The molecule has 0 saturated carbocycles. The fraction of sp³-hybridized carbons (Fsp3) is 0.240. The molecule has 0 heterocycles. The topological polar surface area (TPSA) is 27.0 Å². The van der Waals surface area contributed by atoms with Gasteiger partial charge >= 0.3 is 0 Å². The summed E-state index contributed by atoms with van der Waals surface area (Å²) < 4.78 is 0. The predicted molar refractivity (Wildman–Crippen MR) is 114 cm³/mol. The van der Waals surface area contributed by atoms with E-state index in [-0.39, 0.29) is 0 Å². The van der Waals surface area contributed by atoms with E-state index in [4.69, 9.17) is 5.26 Å². The average molecular weight is 354 g/mol. The SMILES string of the molecule is CC(C)c1ccc(N(c2ccc(C#N)cc2)c2ccc(C(C)C)cc2)cc1. The van der Waals surface area contributed by atoms with Crippen LogP contribution in [0.1, 0.15) is 56.2 Å². The van der Waals surface area contributed by atoms with Crippen molar-refractivity contribution in [1.29, 1.82) is 5.26 Å². The molecule has 0 unspecified atom stereocenters. The Hall–Kier alpha value is -3.05. The van der Waals surface area contributed by atoms with Crippen molar-refractivity contribution in [2.24, 2.45) is 0 Å². The third-order valence-electron chi connectivity index (χ3n) is 4.89. The van der Waals surface area contributed by atoms with Crippen molar-refractivity contribution >= 4 is 17.1 Å². The Morgan fingerprint density at radius 3 is 1.22 bits per heavy atom. The molecule has 136 valence electrons. The van der Waals surface area contributed by atoms with Crippen molar-refractivity contribution in [3.8, 4) is 6.07 Å². The van der Waals surface area contributed by atoms with Crippen LogP contribution in [0.15, 0.2) is 72.8 Å². The van der Waals surface area contributed by atoms with Gasteiger partial charge in [-0.25, -0.2) is 0 Å². The maximum atomic E-state index is 9.10. The summed E-state index contributed by atoms with van der Waals surface area (Å²) in [5, 5.41) is 9.10. The Morgan fingerprint density at radius 2 is 0.926 bits per heavy atom. The van der Waals surface area contributed by atoms with Crippen LogP contribution in [0.25, 0.3) is 0 Å². The first-order chi connectivity index (χ1) is 13.0. The van der Waals surface area contributed by atoms with Gasteiger partial charge in [0.05, 0.1) is 11.6 Å². The van der Waals surface area contributed by atoms with E-state index in [0.29, 0.717) is 17.4 Å². The summed E-state index contributed by atoms with van der Waals surface area (Å²) in [5.41, 5.74) is 6.60. The highest BCUT2D eigenvalue weighted by atomic mass is 15.1. The van der Waals surface area contributed by atoms with Crippen LogP contribution in [0.2, 0.25) is 0 Å². The average Bonchev–Trinajstić information content (AvgIpc) is 2.69. The fourth-order valence-electron chi connectivity index (χ4n) is 3.15. The molecule has 2 nitrogen and oxygen atoms in total. The summed E-state index contributed by atoms with van der Waals surface area (Å²) >= 11 is 0. The van der Waals surface area contributed by atoms with Gasteiger partial charge in [-0.1, -0.05) is 52.0 Å². The Bertz CT molecular complexity index is 861. The first-order valence-electron chi connectivity index (χ1n) is 9.50. The summed E-state index contributed by atoms with van der Waals surface area (Å²) in [6, 6.07) is 27.4. The smallest absolute Gasteiger partial charge is 0.0991 e. The van der Waals surface area contributed by atoms with Crippen molar-refractivity contribution in [2.75, 3.05) is 4.90 Å². The van der Waals surface area contributed by atoms with Crippen LogP contribution in [0, 0.1) is 11.3 Å². The van der Waals surface area contributed by atoms with Gasteiger partial charge in [0, 0.05) is 17.1 Å². The Balaban J connectivity index is 2.06. The second-order valence-corrected chi connectivity index (χ2v) is 7.49. The highest BCUT2D eigenvalue weighted by Gasteiger charge is 2.13. The second-order valence-electron chi connectivity index (χ2n) is 7.49. The van der Waals surface area contributed by atoms with Crippen LogP contribution < -0.4 is 4.90 Å². The second kappa shape index (κ2) is 8.10. The summed E-state index contributed by atoms with van der Waals surface area (Å²) in [6.07, 6.45) is 0. The van der Waals surface area contributed by atoms with Gasteiger partial charge in [-0.2, -0.15) is 5.26 Å². The van der Waals surface area contributed by atoms with Crippen LogP contribution in [-0.2, 0) is 0 Å². The van der Waals surface area contributed by atoms with Crippen molar-refractivity contribution < 1.29 is 0 Å². The summed E-state index contributed by atoms with van der Waals surface area (Å²) in [5.74, 6) is 1.01. The lowest BCUT2D eigenvalue weighted by Gasteiger charge is -2.26. The summed E-state index contributed by atoms with van der Waals surface area (Å²) in [6.45, 7) is 8.83. The maximum absolute atomic E-state index is 9.10. The first kappa shape index (κ1) is 18.7. The summed E-state index contributed by atoms with van der Waals surface area (Å²) in [7, 11) is 0. The van der Waals surface area contributed by atoms with Gasteiger partial charge in [0.15, 0.2) is 0 Å². The van der Waals surface area contributed by atoms with E-state index in [2.05, 4.69) is 87.2 Å². The van der Waals surface area contributed by atoms with Gasteiger partial charge < -0.3 is 4.90 Å². The molecule has 0 spiro atoms. The third-order valence-corrected chi connectivity index (χ3v) is 4.89. The molecule has 0 aliphatic heterocycles. The molecule has 0 atom stereocenters. The van der Waals surface area contributed by atoms with Gasteiger partial charge in [0.25, 0.3) is 0 Å². The molecule has 0 amide bonds. The zero-order chi connectivity index (χ0) is 19.4. The van der Waals surface area contributed by atoms with Gasteiger partial charge in [-0.05, 0) is 71.5 Å². The number of nitriles is 1. The minimum absolute atomic E-state index is 0.507. The molecule has 0 aromatic heterocycles. The zero-order valence-corrected chi connectivity index (χ0v) is 16.5.